The van der Waals surface area contributed by atoms with Gasteiger partial charge in [0.25, 0.3) is 0 Å². The third kappa shape index (κ3) is 3.76. The monoisotopic (exact) mass is 306 g/mol. The molecule has 2 aromatic rings. The highest BCUT2D eigenvalue weighted by atomic mass is 32.1. The van der Waals surface area contributed by atoms with Crippen molar-refractivity contribution in [3.63, 3.8) is 0 Å². The molecular weight excluding hydrogens is 292 g/mol. The number of anilines is 1. The Kier molecular flexibility index (Phi) is 4.49. The fourth-order valence-corrected chi connectivity index (χ4v) is 2.51. The van der Waals surface area contributed by atoms with E-state index in [-0.39, 0.29) is 11.4 Å². The number of carbonyl (C=O) groups is 2. The molecule has 0 aliphatic heterocycles. The normalized spacial score (nSPS) is 10.2. The molecule has 0 saturated heterocycles. The van der Waals surface area contributed by atoms with Crippen LogP contribution in [0.1, 0.15) is 26.1 Å². The number of pyridine rings is 1. The van der Waals surface area contributed by atoms with Crippen molar-refractivity contribution in [2.24, 2.45) is 0 Å². The zero-order valence-electron chi connectivity index (χ0n) is 11.5. The van der Waals surface area contributed by atoms with Gasteiger partial charge in [-0.05, 0) is 26.0 Å². The van der Waals surface area contributed by atoms with E-state index in [0.29, 0.717) is 22.1 Å². The quantitative estimate of drug-likeness (QED) is 0.803. The van der Waals surface area contributed by atoms with Crippen LogP contribution in [0.5, 0.6) is 0 Å². The molecule has 2 aromatic heterocycles. The fourth-order valence-electron chi connectivity index (χ4n) is 1.67. The molecule has 2 rings (SSSR count). The highest BCUT2D eigenvalue weighted by Crippen LogP contribution is 2.17. The van der Waals surface area contributed by atoms with Gasteiger partial charge in [0.15, 0.2) is 0 Å². The number of carboxylic acids is 1. The highest BCUT2D eigenvalue weighted by molar-refractivity contribution is 7.13. The van der Waals surface area contributed by atoms with Gasteiger partial charge in [0, 0.05) is 6.20 Å². The summed E-state index contributed by atoms with van der Waals surface area (Å²) in [4.78, 5) is 31.1. The molecule has 21 heavy (non-hydrogen) atoms. The van der Waals surface area contributed by atoms with Crippen LogP contribution in [0.3, 0.4) is 0 Å². The first-order valence-corrected chi connectivity index (χ1v) is 6.95. The number of carbonyl (C=O) groups excluding carboxylic acids is 1. The van der Waals surface area contributed by atoms with Crippen LogP contribution in [-0.2, 0) is 6.54 Å². The first-order chi connectivity index (χ1) is 9.97. The van der Waals surface area contributed by atoms with E-state index in [2.05, 4.69) is 20.6 Å². The number of thiazole rings is 1. The number of nitrogens with zero attached hydrogens (tertiary/aromatic N) is 2. The SMILES string of the molecule is Cc1ncccc1NC(=O)NCc1nc(C)c(C(=O)O)s1. The molecule has 0 aliphatic carbocycles. The van der Waals surface area contributed by atoms with Gasteiger partial charge in [-0.3, -0.25) is 4.98 Å². The van der Waals surface area contributed by atoms with E-state index in [1.54, 1.807) is 32.2 Å². The molecule has 110 valence electrons. The van der Waals surface area contributed by atoms with Crippen LogP contribution in [0, 0.1) is 13.8 Å². The zero-order valence-corrected chi connectivity index (χ0v) is 12.3. The number of carboxylic acid groups (broad SMARTS) is 1. The van der Waals surface area contributed by atoms with Crippen molar-refractivity contribution < 1.29 is 14.7 Å². The number of nitrogens with one attached hydrogen (secondary N) is 2. The predicted molar refractivity (Wildman–Crippen MR) is 78.6 cm³/mol. The molecule has 7 nitrogen and oxygen atoms in total. The van der Waals surface area contributed by atoms with E-state index < -0.39 is 12.0 Å². The van der Waals surface area contributed by atoms with Gasteiger partial charge in [0.05, 0.1) is 23.6 Å². The molecular formula is C13H14N4O3S. The summed E-state index contributed by atoms with van der Waals surface area (Å²) in [6.07, 6.45) is 1.64. The number of amides is 2. The minimum Gasteiger partial charge on any atom is -0.477 e. The molecule has 2 heterocycles. The summed E-state index contributed by atoms with van der Waals surface area (Å²) in [6, 6.07) is 3.08. The lowest BCUT2D eigenvalue weighted by atomic mass is 10.3. The lowest BCUT2D eigenvalue weighted by Gasteiger charge is -2.07. The van der Waals surface area contributed by atoms with Crippen molar-refractivity contribution in [3.05, 3.63) is 39.6 Å². The Morgan fingerprint density at radius 3 is 2.71 bits per heavy atom. The van der Waals surface area contributed by atoms with Crippen LogP contribution in [0.15, 0.2) is 18.3 Å². The second-order valence-electron chi connectivity index (χ2n) is 4.27. The lowest BCUT2D eigenvalue weighted by molar-refractivity contribution is 0.0701. The molecule has 0 fully saturated rings. The number of aromatic nitrogens is 2. The Morgan fingerprint density at radius 1 is 1.33 bits per heavy atom. The average Bonchev–Trinajstić information content (AvgIpc) is 2.80. The molecule has 0 unspecified atom stereocenters. The lowest BCUT2D eigenvalue weighted by Crippen LogP contribution is -2.28. The van der Waals surface area contributed by atoms with Crippen LogP contribution < -0.4 is 10.6 Å². The topological polar surface area (TPSA) is 104 Å². The summed E-state index contributed by atoms with van der Waals surface area (Å²) >= 11 is 1.05. The van der Waals surface area contributed by atoms with Gasteiger partial charge in [-0.2, -0.15) is 0 Å². The van der Waals surface area contributed by atoms with E-state index >= 15 is 0 Å². The van der Waals surface area contributed by atoms with Gasteiger partial charge in [0.1, 0.15) is 9.88 Å². The third-order valence-corrected chi connectivity index (χ3v) is 3.84. The van der Waals surface area contributed by atoms with Gasteiger partial charge in [0.2, 0.25) is 0 Å². The van der Waals surface area contributed by atoms with Crippen LogP contribution >= 0.6 is 11.3 Å². The highest BCUT2D eigenvalue weighted by Gasteiger charge is 2.14. The zero-order chi connectivity index (χ0) is 15.4. The molecule has 0 radical (unpaired) electrons. The van der Waals surface area contributed by atoms with Crippen molar-refractivity contribution in [2.75, 3.05) is 5.32 Å². The Morgan fingerprint density at radius 2 is 2.10 bits per heavy atom. The molecule has 2 amide bonds. The number of hydrogen-bond acceptors (Lipinski definition) is 5. The van der Waals surface area contributed by atoms with Gasteiger partial charge in [-0.25, -0.2) is 14.6 Å². The van der Waals surface area contributed by atoms with Gasteiger partial charge in [-0.1, -0.05) is 0 Å². The minimum absolute atomic E-state index is 0.171. The standard InChI is InChI=1S/C13H14N4O3S/c1-7-9(4-3-5-14-7)17-13(20)15-6-10-16-8(2)11(21-10)12(18)19/h3-5H,6H2,1-2H3,(H,18,19)(H2,15,17,20). The largest absolute Gasteiger partial charge is 0.477 e. The maximum atomic E-state index is 11.8. The van der Waals surface area contributed by atoms with Gasteiger partial charge in [-0.15, -0.1) is 11.3 Å². The number of urea groups is 1. The first-order valence-electron chi connectivity index (χ1n) is 6.13. The summed E-state index contributed by atoms with van der Waals surface area (Å²) < 4.78 is 0. The Bertz CT molecular complexity index is 684. The second kappa shape index (κ2) is 6.31. The van der Waals surface area contributed by atoms with Gasteiger partial charge < -0.3 is 15.7 Å². The van der Waals surface area contributed by atoms with Crippen molar-refractivity contribution in [3.8, 4) is 0 Å². The Labute approximate surface area is 125 Å². The summed E-state index contributed by atoms with van der Waals surface area (Å²) in [5, 5.41) is 14.8. The smallest absolute Gasteiger partial charge is 0.347 e. The van der Waals surface area contributed by atoms with E-state index in [0.717, 1.165) is 11.3 Å². The number of aryl methyl sites for hydroxylation is 2. The second-order valence-corrected chi connectivity index (χ2v) is 5.35. The van der Waals surface area contributed by atoms with E-state index in [1.165, 1.54) is 0 Å². The summed E-state index contributed by atoms with van der Waals surface area (Å²) in [5.74, 6) is -1.01. The van der Waals surface area contributed by atoms with Gasteiger partial charge >= 0.3 is 12.0 Å². The molecule has 0 saturated carbocycles. The third-order valence-electron chi connectivity index (χ3n) is 2.69. The maximum absolute atomic E-state index is 11.8. The molecule has 0 aromatic carbocycles. The van der Waals surface area contributed by atoms with Crippen LogP contribution in [-0.4, -0.2) is 27.1 Å². The summed E-state index contributed by atoms with van der Waals surface area (Å²) in [7, 11) is 0. The molecule has 8 heteroatoms. The van der Waals surface area contributed by atoms with Crippen LogP contribution in [0.25, 0.3) is 0 Å². The van der Waals surface area contributed by atoms with Crippen LogP contribution in [0.2, 0.25) is 0 Å². The molecule has 0 spiro atoms. The molecule has 0 atom stereocenters. The van der Waals surface area contributed by atoms with Crippen LogP contribution in [0.4, 0.5) is 10.5 Å². The van der Waals surface area contributed by atoms with E-state index in [4.69, 9.17) is 5.11 Å². The maximum Gasteiger partial charge on any atom is 0.347 e. The molecule has 3 N–H and O–H groups in total. The average molecular weight is 306 g/mol. The fraction of sp³-hybridized carbons (Fsp3) is 0.231. The summed E-state index contributed by atoms with van der Waals surface area (Å²) in [6.45, 7) is 3.59. The Balaban J connectivity index is 1.94. The molecule has 0 bridgehead atoms. The molecule has 0 aliphatic rings. The first kappa shape index (κ1) is 14.9. The van der Waals surface area contributed by atoms with E-state index in [1.807, 2.05) is 0 Å². The van der Waals surface area contributed by atoms with Crippen molar-refractivity contribution in [2.45, 2.75) is 20.4 Å². The number of hydrogen-bond donors (Lipinski definition) is 3. The van der Waals surface area contributed by atoms with Crippen molar-refractivity contribution in [1.82, 2.24) is 15.3 Å². The predicted octanol–water partition coefficient (Wildman–Crippen LogP) is 2.17. The Hall–Kier alpha value is -2.48. The van der Waals surface area contributed by atoms with E-state index in [9.17, 15) is 9.59 Å². The van der Waals surface area contributed by atoms with Crippen molar-refractivity contribution >= 4 is 29.0 Å². The minimum atomic E-state index is -1.01. The summed E-state index contributed by atoms with van der Waals surface area (Å²) in [5.41, 5.74) is 1.79. The number of aromatic carboxylic acids is 1. The van der Waals surface area contributed by atoms with Crippen molar-refractivity contribution in [1.29, 1.82) is 0 Å². The number of rotatable bonds is 4.